The largest absolute Gasteiger partial charge is 0.317 e. The average Bonchev–Trinajstić information content (AvgIpc) is 2.53. The summed E-state index contributed by atoms with van der Waals surface area (Å²) >= 11 is 0. The second-order valence-corrected chi connectivity index (χ2v) is 6.99. The van der Waals surface area contributed by atoms with Gasteiger partial charge in [0.1, 0.15) is 0 Å². The zero-order valence-electron chi connectivity index (χ0n) is 17.4. The Morgan fingerprint density at radius 3 is 1.96 bits per heavy atom. The van der Waals surface area contributed by atoms with Crippen molar-refractivity contribution in [2.75, 3.05) is 32.7 Å². The number of rotatable bonds is 13. The van der Waals surface area contributed by atoms with Gasteiger partial charge >= 0.3 is 0 Å². The van der Waals surface area contributed by atoms with E-state index < -0.39 is 0 Å². The highest BCUT2D eigenvalue weighted by Crippen LogP contribution is 2.15. The summed E-state index contributed by atoms with van der Waals surface area (Å²) in [6.45, 7) is 25.6. The van der Waals surface area contributed by atoms with Crippen LogP contribution in [0.5, 0.6) is 0 Å². The summed E-state index contributed by atoms with van der Waals surface area (Å²) in [5, 5.41) is 3.11. The molecule has 0 aromatic heterocycles. The van der Waals surface area contributed by atoms with Crippen LogP contribution in [-0.4, -0.2) is 37.6 Å². The van der Waals surface area contributed by atoms with Crippen LogP contribution in [0.2, 0.25) is 0 Å². The zero-order chi connectivity index (χ0) is 18.1. The lowest BCUT2D eigenvalue weighted by Gasteiger charge is -2.24. The maximum Gasteiger partial charge on any atom is -0.00162 e. The molecule has 0 aliphatic rings. The van der Waals surface area contributed by atoms with Crippen LogP contribution in [0.25, 0.3) is 0 Å². The van der Waals surface area contributed by atoms with Crippen LogP contribution >= 0.6 is 0 Å². The summed E-state index contributed by atoms with van der Waals surface area (Å²) in [5.74, 6) is 1.56. The number of nitrogens with one attached hydrogen (secondary N) is 1. The van der Waals surface area contributed by atoms with Gasteiger partial charge in [-0.2, -0.15) is 0 Å². The van der Waals surface area contributed by atoms with Gasteiger partial charge in [0.15, 0.2) is 0 Å². The van der Waals surface area contributed by atoms with Gasteiger partial charge in [0, 0.05) is 0 Å². The second-order valence-electron chi connectivity index (χ2n) is 6.99. The molecule has 0 spiro atoms. The molecular formula is C21H46N2. The normalized spacial score (nSPS) is 13.4. The van der Waals surface area contributed by atoms with E-state index in [1.54, 1.807) is 0 Å². The van der Waals surface area contributed by atoms with E-state index >= 15 is 0 Å². The minimum absolute atomic E-state index is 0.683. The van der Waals surface area contributed by atoms with Crippen molar-refractivity contribution in [3.05, 3.63) is 12.2 Å². The Morgan fingerprint density at radius 1 is 0.957 bits per heavy atom. The molecule has 2 heteroatoms. The van der Waals surface area contributed by atoms with Crippen molar-refractivity contribution in [2.45, 2.75) is 80.6 Å². The van der Waals surface area contributed by atoms with Crippen LogP contribution in [0.15, 0.2) is 12.2 Å². The van der Waals surface area contributed by atoms with E-state index in [4.69, 9.17) is 0 Å². The number of hydrogen-bond donors (Lipinski definition) is 1. The van der Waals surface area contributed by atoms with Crippen LogP contribution in [0.1, 0.15) is 80.6 Å². The first-order chi connectivity index (χ1) is 10.9. The van der Waals surface area contributed by atoms with E-state index in [0.29, 0.717) is 5.92 Å². The fourth-order valence-corrected chi connectivity index (χ4v) is 2.38. The van der Waals surface area contributed by atoms with Crippen molar-refractivity contribution >= 4 is 0 Å². The molecule has 0 aromatic rings. The van der Waals surface area contributed by atoms with Gasteiger partial charge in [-0.25, -0.2) is 0 Å². The topological polar surface area (TPSA) is 15.3 Å². The first-order valence-corrected chi connectivity index (χ1v) is 10.0. The van der Waals surface area contributed by atoms with Crippen molar-refractivity contribution in [3.63, 3.8) is 0 Å². The van der Waals surface area contributed by atoms with Crippen molar-refractivity contribution in [3.8, 4) is 0 Å². The first kappa shape index (κ1) is 24.9. The molecule has 0 fully saturated rings. The molecule has 0 amide bonds. The van der Waals surface area contributed by atoms with Crippen LogP contribution in [0.3, 0.4) is 0 Å². The molecule has 0 aliphatic heterocycles. The highest BCUT2D eigenvalue weighted by molar-refractivity contribution is 4.93. The molecule has 2 nitrogen and oxygen atoms in total. The summed E-state index contributed by atoms with van der Waals surface area (Å²) in [7, 11) is 0. The Kier molecular flexibility index (Phi) is 19.5. The highest BCUT2D eigenvalue weighted by Gasteiger charge is 2.08. The molecule has 2 atom stereocenters. The van der Waals surface area contributed by atoms with E-state index in [2.05, 4.69) is 65.3 Å². The molecule has 140 valence electrons. The van der Waals surface area contributed by atoms with Crippen LogP contribution in [-0.2, 0) is 0 Å². The third-order valence-corrected chi connectivity index (χ3v) is 4.63. The lowest BCUT2D eigenvalue weighted by Crippen LogP contribution is -2.28. The standard InChI is InChI=1S/C17H35N.C4H11N/c1-7-12-18(14-11-16(5)8-2)13-9-10-17(6)15(3)4;1-3-5-4-2/h16-17H,3,7-14H2,1-2,4-6H3;5H,3-4H2,1-2H3. The van der Waals surface area contributed by atoms with Crippen LogP contribution in [0, 0.1) is 11.8 Å². The number of hydrogen-bond acceptors (Lipinski definition) is 2. The minimum Gasteiger partial charge on any atom is -0.317 e. The van der Waals surface area contributed by atoms with Gasteiger partial charge in [-0.3, -0.25) is 0 Å². The van der Waals surface area contributed by atoms with E-state index in [9.17, 15) is 0 Å². The Balaban J connectivity index is 0. The monoisotopic (exact) mass is 326 g/mol. The molecule has 1 N–H and O–H groups in total. The summed E-state index contributed by atoms with van der Waals surface area (Å²) in [5.41, 5.74) is 1.33. The maximum atomic E-state index is 4.05. The molecule has 0 saturated carbocycles. The predicted octanol–water partition coefficient (Wildman–Crippen LogP) is 5.74. The lowest BCUT2D eigenvalue weighted by atomic mass is 9.98. The molecule has 0 rings (SSSR count). The smallest absolute Gasteiger partial charge is 0.00162 e. The van der Waals surface area contributed by atoms with Crippen molar-refractivity contribution < 1.29 is 0 Å². The number of allylic oxidation sites excluding steroid dienone is 1. The summed E-state index contributed by atoms with van der Waals surface area (Å²) in [4.78, 5) is 2.65. The van der Waals surface area contributed by atoms with Crippen molar-refractivity contribution in [1.82, 2.24) is 10.2 Å². The van der Waals surface area contributed by atoms with Crippen LogP contribution < -0.4 is 5.32 Å². The van der Waals surface area contributed by atoms with Crippen LogP contribution in [0.4, 0.5) is 0 Å². The molecule has 0 heterocycles. The lowest BCUT2D eigenvalue weighted by molar-refractivity contribution is 0.245. The average molecular weight is 327 g/mol. The van der Waals surface area contributed by atoms with Gasteiger partial charge in [-0.1, -0.05) is 60.1 Å². The third-order valence-electron chi connectivity index (χ3n) is 4.63. The molecular weight excluding hydrogens is 280 g/mol. The summed E-state index contributed by atoms with van der Waals surface area (Å²) in [6, 6.07) is 0. The van der Waals surface area contributed by atoms with E-state index in [1.807, 2.05) is 0 Å². The van der Waals surface area contributed by atoms with Gasteiger partial charge in [0.25, 0.3) is 0 Å². The summed E-state index contributed by atoms with van der Waals surface area (Å²) < 4.78 is 0. The van der Waals surface area contributed by atoms with Crippen molar-refractivity contribution in [1.29, 1.82) is 0 Å². The molecule has 0 saturated heterocycles. The number of nitrogens with zero attached hydrogens (tertiary/aromatic N) is 1. The maximum absolute atomic E-state index is 4.05. The molecule has 0 bridgehead atoms. The van der Waals surface area contributed by atoms with Crippen molar-refractivity contribution in [2.24, 2.45) is 11.8 Å². The van der Waals surface area contributed by atoms with Gasteiger partial charge < -0.3 is 10.2 Å². The predicted molar refractivity (Wildman–Crippen MR) is 108 cm³/mol. The van der Waals surface area contributed by atoms with E-state index in [1.165, 1.54) is 57.3 Å². The molecule has 0 aliphatic carbocycles. The van der Waals surface area contributed by atoms with Gasteiger partial charge in [0.2, 0.25) is 0 Å². The fraction of sp³-hybridized carbons (Fsp3) is 0.905. The SMILES string of the molecule is C=C(C)C(C)CCCN(CCC)CCC(C)CC.CCNCC. The van der Waals surface area contributed by atoms with Gasteiger partial charge in [-0.15, -0.1) is 0 Å². The Labute approximate surface area is 148 Å². The minimum atomic E-state index is 0.683. The Morgan fingerprint density at radius 2 is 1.57 bits per heavy atom. The van der Waals surface area contributed by atoms with Gasteiger partial charge in [0.05, 0.1) is 0 Å². The molecule has 2 unspecified atom stereocenters. The molecule has 23 heavy (non-hydrogen) atoms. The molecule has 0 radical (unpaired) electrons. The Hall–Kier alpha value is -0.340. The zero-order valence-corrected chi connectivity index (χ0v) is 17.4. The highest BCUT2D eigenvalue weighted by atomic mass is 15.1. The third kappa shape index (κ3) is 17.8. The van der Waals surface area contributed by atoms with Gasteiger partial charge in [-0.05, 0) is 77.2 Å². The second kappa shape index (κ2) is 18.0. The van der Waals surface area contributed by atoms with E-state index in [0.717, 1.165) is 19.0 Å². The quantitative estimate of drug-likeness (QED) is 0.434. The molecule has 0 aromatic carbocycles. The fourth-order valence-electron chi connectivity index (χ4n) is 2.38. The first-order valence-electron chi connectivity index (χ1n) is 10.0. The Bertz CT molecular complexity index is 248. The summed E-state index contributed by atoms with van der Waals surface area (Å²) in [6.07, 6.45) is 6.54. The van der Waals surface area contributed by atoms with E-state index in [-0.39, 0.29) is 0 Å².